The van der Waals surface area contributed by atoms with Gasteiger partial charge in [0, 0.05) is 52.6 Å². The fraction of sp³-hybridized carbons (Fsp3) is 0.0444. The van der Waals surface area contributed by atoms with Crippen LogP contribution >= 0.6 is 0 Å². The fourth-order valence-electron chi connectivity index (χ4n) is 6.65. The van der Waals surface area contributed by atoms with Crippen molar-refractivity contribution in [2.75, 3.05) is 0 Å². The Morgan fingerprint density at radius 3 is 2.31 bits per heavy atom. The van der Waals surface area contributed by atoms with Crippen LogP contribution in [0.5, 0.6) is 0 Å². The zero-order valence-electron chi connectivity index (χ0n) is 30.4. The van der Waals surface area contributed by atoms with Crippen LogP contribution in [0.2, 0.25) is 0 Å². The van der Waals surface area contributed by atoms with E-state index < -0.39 is 6.85 Å². The van der Waals surface area contributed by atoms with Gasteiger partial charge in [-0.2, -0.15) is 0 Å². The Labute approximate surface area is 312 Å². The number of pyridine rings is 2. The van der Waals surface area contributed by atoms with Crippen molar-refractivity contribution in [1.82, 2.24) is 19.5 Å². The van der Waals surface area contributed by atoms with Gasteiger partial charge in [-0.15, -0.1) is 54.1 Å². The van der Waals surface area contributed by atoms with Crippen LogP contribution in [-0.2, 0) is 20.1 Å². The molecular formula is C45H30IrN4O-2. The molecule has 10 aromatic rings. The number of nitrogens with zero attached hydrogens (tertiary/aromatic N) is 4. The molecule has 0 saturated carbocycles. The van der Waals surface area contributed by atoms with Crippen LogP contribution < -0.4 is 0 Å². The van der Waals surface area contributed by atoms with E-state index in [-0.39, 0.29) is 25.7 Å². The Bertz CT molecular complexity index is 2940. The Kier molecular flexibility index (Phi) is 7.58. The van der Waals surface area contributed by atoms with Gasteiger partial charge in [-0.3, -0.25) is 9.97 Å². The molecule has 0 aliphatic rings. The van der Waals surface area contributed by atoms with E-state index in [0.717, 1.165) is 77.8 Å². The van der Waals surface area contributed by atoms with Crippen LogP contribution in [0.3, 0.4) is 0 Å². The number of furan rings is 1. The summed E-state index contributed by atoms with van der Waals surface area (Å²) in [5.74, 6) is 0.785. The van der Waals surface area contributed by atoms with Gasteiger partial charge in [0.2, 0.25) is 0 Å². The summed E-state index contributed by atoms with van der Waals surface area (Å²) in [6, 6.07) is 50.8. The second-order valence-electron chi connectivity index (χ2n) is 12.2. The zero-order valence-corrected chi connectivity index (χ0v) is 29.8. The van der Waals surface area contributed by atoms with Crippen LogP contribution in [0, 0.1) is 25.9 Å². The van der Waals surface area contributed by atoms with Crippen molar-refractivity contribution in [2.45, 2.75) is 13.8 Å². The minimum Gasteiger partial charge on any atom is -0.500 e. The largest absolute Gasteiger partial charge is 0.500 e. The van der Waals surface area contributed by atoms with Crippen molar-refractivity contribution < 1.29 is 28.6 Å². The third-order valence-corrected chi connectivity index (χ3v) is 8.97. The molecule has 5 nitrogen and oxygen atoms in total. The number of aromatic nitrogens is 4. The van der Waals surface area contributed by atoms with E-state index in [9.17, 15) is 0 Å². The molecule has 51 heavy (non-hydrogen) atoms. The fourth-order valence-corrected chi connectivity index (χ4v) is 6.65. The number of para-hydroxylation sites is 1. The SMILES string of the molecule is Cc1cc2c(cn1)nc(-c1[c-]ccc3c1oc1c3ccc3ccc4ccccc4c31)n2-c1ccccc1.[2H]C([2H])([2H])c1ccc(-c2[c-]cccc2)nc1.[Ir]. The Morgan fingerprint density at radius 1 is 0.686 bits per heavy atom. The first kappa shape index (κ1) is 28.9. The van der Waals surface area contributed by atoms with Crippen LogP contribution in [0.1, 0.15) is 15.4 Å². The molecule has 0 unspecified atom stereocenters. The summed E-state index contributed by atoms with van der Waals surface area (Å²) < 4.78 is 30.6. The maximum Gasteiger partial charge on any atom is 0.129 e. The van der Waals surface area contributed by atoms with E-state index >= 15 is 0 Å². The zero-order chi connectivity index (χ0) is 36.1. The molecule has 0 bridgehead atoms. The maximum absolute atomic E-state index is 7.23. The van der Waals surface area contributed by atoms with Crippen molar-refractivity contribution in [3.05, 3.63) is 169 Å². The smallest absolute Gasteiger partial charge is 0.129 e. The van der Waals surface area contributed by atoms with Gasteiger partial charge in [-0.05, 0) is 59.4 Å². The predicted octanol–water partition coefficient (Wildman–Crippen LogP) is 11.3. The van der Waals surface area contributed by atoms with Gasteiger partial charge in [0.05, 0.1) is 28.6 Å². The minimum absolute atomic E-state index is 0. The standard InChI is InChI=1S/C33H20N3O.C12H10N.Ir/c1-20-18-29-28(19-34-20)35-33(36(29)23-9-3-2-4-10-23)27-13-7-12-25-26-17-16-22-15-14-21-8-5-6-11-24(21)30(22)32(26)37-31(25)27;1-10-7-8-12(13-9-10)11-5-3-2-4-6-11;/h2-12,14-19H,1H3;2-5,7-9H,1H3;/q2*-1;/i;1D3;. The molecule has 0 fully saturated rings. The van der Waals surface area contributed by atoms with Crippen LogP contribution in [0.4, 0.5) is 0 Å². The molecule has 0 aliphatic carbocycles. The summed E-state index contributed by atoms with van der Waals surface area (Å²) in [5, 5.41) is 6.83. The van der Waals surface area contributed by atoms with E-state index in [2.05, 4.69) is 99.5 Å². The third-order valence-electron chi connectivity index (χ3n) is 8.97. The maximum atomic E-state index is 7.23. The molecule has 10 rings (SSSR count). The topological polar surface area (TPSA) is 56.7 Å². The van der Waals surface area contributed by atoms with Gasteiger partial charge >= 0.3 is 0 Å². The number of rotatable bonds is 3. The number of hydrogen-bond donors (Lipinski definition) is 0. The van der Waals surface area contributed by atoms with Gasteiger partial charge < -0.3 is 14.0 Å². The molecule has 0 spiro atoms. The normalized spacial score (nSPS) is 12.3. The average Bonchev–Trinajstić information content (AvgIpc) is 3.77. The van der Waals surface area contributed by atoms with Gasteiger partial charge in [0.15, 0.2) is 0 Å². The number of benzene rings is 6. The molecule has 0 aliphatic heterocycles. The Hall–Kier alpha value is -5.94. The summed E-state index contributed by atoms with van der Waals surface area (Å²) in [6.07, 6.45) is 3.23. The third kappa shape index (κ3) is 5.79. The average molecular weight is 838 g/mol. The molecule has 4 heterocycles. The monoisotopic (exact) mass is 838 g/mol. The van der Waals surface area contributed by atoms with E-state index in [0.29, 0.717) is 0 Å². The molecule has 6 heteroatoms. The Morgan fingerprint density at radius 2 is 1.49 bits per heavy atom. The van der Waals surface area contributed by atoms with Gasteiger partial charge in [-0.1, -0.05) is 89.8 Å². The van der Waals surface area contributed by atoms with Gasteiger partial charge in [-0.25, -0.2) is 0 Å². The van der Waals surface area contributed by atoms with E-state index in [1.54, 1.807) is 18.2 Å². The molecule has 0 atom stereocenters. The number of fused-ring (bicyclic) bond motifs is 8. The first-order chi connectivity index (χ1) is 25.8. The second kappa shape index (κ2) is 13.4. The molecule has 247 valence electrons. The number of hydrogen-bond acceptors (Lipinski definition) is 4. The van der Waals surface area contributed by atoms with Crippen LogP contribution in [-0.4, -0.2) is 19.5 Å². The molecule has 0 amide bonds. The minimum atomic E-state index is -2.09. The number of imidazole rings is 1. The second-order valence-corrected chi connectivity index (χ2v) is 12.2. The molecule has 0 N–H and O–H groups in total. The molecular weight excluding hydrogens is 805 g/mol. The van der Waals surface area contributed by atoms with E-state index in [1.165, 1.54) is 17.0 Å². The van der Waals surface area contributed by atoms with Gasteiger partial charge in [0.1, 0.15) is 5.58 Å². The summed E-state index contributed by atoms with van der Waals surface area (Å²) in [5.41, 5.74) is 8.18. The quantitative estimate of drug-likeness (QED) is 0.131. The van der Waals surface area contributed by atoms with E-state index in [1.807, 2.05) is 55.6 Å². The summed E-state index contributed by atoms with van der Waals surface area (Å²) in [6.45, 7) is -0.0884. The number of aryl methyl sites for hydroxylation is 2. The summed E-state index contributed by atoms with van der Waals surface area (Å²) >= 11 is 0. The first-order valence-electron chi connectivity index (χ1n) is 17.9. The Balaban J connectivity index is 0.000000206. The molecule has 0 saturated heterocycles. The summed E-state index contributed by atoms with van der Waals surface area (Å²) in [4.78, 5) is 13.7. The van der Waals surface area contributed by atoms with Crippen molar-refractivity contribution in [1.29, 1.82) is 0 Å². The predicted molar refractivity (Wildman–Crippen MR) is 203 cm³/mol. The first-order valence-corrected chi connectivity index (χ1v) is 16.4. The van der Waals surface area contributed by atoms with Crippen molar-refractivity contribution >= 4 is 54.5 Å². The van der Waals surface area contributed by atoms with Gasteiger partial charge in [0.25, 0.3) is 0 Å². The van der Waals surface area contributed by atoms with Crippen molar-refractivity contribution in [3.63, 3.8) is 0 Å². The van der Waals surface area contributed by atoms with Crippen molar-refractivity contribution in [2.24, 2.45) is 0 Å². The molecule has 4 aromatic heterocycles. The molecule has 1 radical (unpaired) electrons. The summed E-state index contributed by atoms with van der Waals surface area (Å²) in [7, 11) is 0. The van der Waals surface area contributed by atoms with Crippen LogP contribution in [0.15, 0.2) is 150 Å². The van der Waals surface area contributed by atoms with E-state index in [4.69, 9.17) is 13.5 Å². The van der Waals surface area contributed by atoms with Crippen LogP contribution in [0.25, 0.3) is 82.8 Å². The van der Waals surface area contributed by atoms with Crippen molar-refractivity contribution in [3.8, 4) is 28.3 Å². The molecule has 6 aromatic carbocycles.